The fourth-order valence-corrected chi connectivity index (χ4v) is 3.56. The van der Waals surface area contributed by atoms with Gasteiger partial charge in [-0.25, -0.2) is 4.79 Å². The Balaban J connectivity index is 1.51. The smallest absolute Gasteiger partial charge is 0.314 e. The summed E-state index contributed by atoms with van der Waals surface area (Å²) in [7, 11) is 0. The molecule has 3 rings (SSSR count). The van der Waals surface area contributed by atoms with Gasteiger partial charge in [-0.2, -0.15) is 0 Å². The van der Waals surface area contributed by atoms with Gasteiger partial charge in [0.25, 0.3) is 0 Å². The molecule has 1 aliphatic heterocycles. The van der Waals surface area contributed by atoms with Gasteiger partial charge >= 0.3 is 6.03 Å². The fourth-order valence-electron chi connectivity index (χ4n) is 3.36. The predicted molar refractivity (Wildman–Crippen MR) is 101 cm³/mol. The minimum Gasteiger partial charge on any atom is -0.354 e. The molecule has 25 heavy (non-hydrogen) atoms. The van der Waals surface area contributed by atoms with Gasteiger partial charge < -0.3 is 21.3 Å². The molecule has 2 amide bonds. The zero-order chi connectivity index (χ0) is 17.8. The third-order valence-electron chi connectivity index (χ3n) is 4.85. The molecule has 1 heterocycles. The van der Waals surface area contributed by atoms with Gasteiger partial charge in [0.15, 0.2) is 5.96 Å². The van der Waals surface area contributed by atoms with E-state index in [4.69, 9.17) is 17.3 Å². The largest absolute Gasteiger partial charge is 0.354 e. The van der Waals surface area contributed by atoms with Crippen molar-refractivity contribution in [2.75, 3.05) is 19.6 Å². The summed E-state index contributed by atoms with van der Waals surface area (Å²) >= 11 is 6.09. The van der Waals surface area contributed by atoms with Crippen molar-refractivity contribution in [3.63, 3.8) is 0 Å². The Labute approximate surface area is 153 Å². The van der Waals surface area contributed by atoms with Crippen molar-refractivity contribution >= 4 is 23.6 Å². The number of nitrogens with one attached hydrogen (secondary N) is 2. The Bertz CT molecular complexity index is 642. The van der Waals surface area contributed by atoms with E-state index < -0.39 is 0 Å². The highest BCUT2D eigenvalue weighted by Gasteiger charge is 2.39. The molecule has 6 nitrogen and oxygen atoms in total. The molecule has 1 aliphatic carbocycles. The summed E-state index contributed by atoms with van der Waals surface area (Å²) in [4.78, 5) is 17.5. The number of piperidine rings is 1. The lowest BCUT2D eigenvalue weighted by molar-refractivity contribution is 0.188. The SMILES string of the molecule is CCN=C(NC1CCN(C(N)=O)CC1)NC1CC1c1cccc(Cl)c1. The van der Waals surface area contributed by atoms with Gasteiger partial charge in [0.2, 0.25) is 0 Å². The number of carbonyl (C=O) groups is 1. The number of urea groups is 1. The summed E-state index contributed by atoms with van der Waals surface area (Å²) < 4.78 is 0. The third-order valence-corrected chi connectivity index (χ3v) is 5.09. The van der Waals surface area contributed by atoms with Crippen LogP contribution >= 0.6 is 11.6 Å². The number of primary amides is 1. The number of carbonyl (C=O) groups excluding carboxylic acids is 1. The molecule has 2 atom stereocenters. The molecule has 0 radical (unpaired) electrons. The molecule has 0 bridgehead atoms. The maximum atomic E-state index is 11.2. The van der Waals surface area contributed by atoms with Crippen LogP contribution in [0.2, 0.25) is 5.02 Å². The number of nitrogens with zero attached hydrogens (tertiary/aromatic N) is 2. The lowest BCUT2D eigenvalue weighted by Gasteiger charge is -2.32. The number of halogens is 1. The molecule has 1 saturated heterocycles. The zero-order valence-corrected chi connectivity index (χ0v) is 15.3. The van der Waals surface area contributed by atoms with Crippen molar-refractivity contribution in [1.29, 1.82) is 0 Å². The monoisotopic (exact) mass is 363 g/mol. The molecule has 2 fully saturated rings. The lowest BCUT2D eigenvalue weighted by Crippen LogP contribution is -2.51. The Morgan fingerprint density at radius 1 is 1.36 bits per heavy atom. The summed E-state index contributed by atoms with van der Waals surface area (Å²) in [6.45, 7) is 4.15. The van der Waals surface area contributed by atoms with Crippen molar-refractivity contribution in [2.24, 2.45) is 10.7 Å². The Morgan fingerprint density at radius 3 is 2.76 bits per heavy atom. The van der Waals surface area contributed by atoms with Gasteiger partial charge in [-0.3, -0.25) is 4.99 Å². The summed E-state index contributed by atoms with van der Waals surface area (Å²) in [5.74, 6) is 1.34. The number of hydrogen-bond donors (Lipinski definition) is 3. The van der Waals surface area contributed by atoms with E-state index in [0.717, 1.165) is 36.8 Å². The van der Waals surface area contributed by atoms with Gasteiger partial charge in [0.1, 0.15) is 0 Å². The summed E-state index contributed by atoms with van der Waals surface area (Å²) in [6.07, 6.45) is 2.86. The second kappa shape index (κ2) is 7.95. The average molecular weight is 364 g/mol. The van der Waals surface area contributed by atoms with E-state index in [2.05, 4.69) is 21.7 Å². The Morgan fingerprint density at radius 2 is 2.12 bits per heavy atom. The minimum atomic E-state index is -0.332. The van der Waals surface area contributed by atoms with E-state index in [0.29, 0.717) is 31.1 Å². The van der Waals surface area contributed by atoms with Crippen LogP contribution in [-0.2, 0) is 0 Å². The quantitative estimate of drug-likeness (QED) is 0.567. The molecular formula is C18H26ClN5O. The average Bonchev–Trinajstić information content (AvgIpc) is 3.35. The highest BCUT2D eigenvalue weighted by molar-refractivity contribution is 6.30. The van der Waals surface area contributed by atoms with Crippen LogP contribution in [0.5, 0.6) is 0 Å². The molecule has 2 unspecified atom stereocenters. The first-order valence-electron chi connectivity index (χ1n) is 8.94. The van der Waals surface area contributed by atoms with Crippen LogP contribution < -0.4 is 16.4 Å². The van der Waals surface area contributed by atoms with Gasteiger partial charge in [0, 0.05) is 42.7 Å². The fraction of sp³-hybridized carbons (Fsp3) is 0.556. The van der Waals surface area contributed by atoms with Crippen molar-refractivity contribution < 1.29 is 4.79 Å². The van der Waals surface area contributed by atoms with Crippen molar-refractivity contribution in [3.8, 4) is 0 Å². The van der Waals surface area contributed by atoms with E-state index >= 15 is 0 Å². The zero-order valence-electron chi connectivity index (χ0n) is 14.5. The number of amides is 2. The van der Waals surface area contributed by atoms with E-state index in [-0.39, 0.29) is 6.03 Å². The van der Waals surface area contributed by atoms with Crippen LogP contribution in [0.1, 0.15) is 37.7 Å². The third kappa shape index (κ3) is 4.78. The van der Waals surface area contributed by atoms with Crippen LogP contribution in [0, 0.1) is 0 Å². The lowest BCUT2D eigenvalue weighted by atomic mass is 10.1. The first-order valence-corrected chi connectivity index (χ1v) is 9.32. The van der Waals surface area contributed by atoms with Crippen molar-refractivity contribution in [2.45, 2.75) is 44.2 Å². The first-order chi connectivity index (χ1) is 12.1. The number of nitrogens with two attached hydrogens (primary N) is 1. The van der Waals surface area contributed by atoms with E-state index in [1.807, 2.05) is 25.1 Å². The maximum Gasteiger partial charge on any atom is 0.314 e. The van der Waals surface area contributed by atoms with Crippen LogP contribution in [0.15, 0.2) is 29.3 Å². The second-order valence-electron chi connectivity index (χ2n) is 6.71. The summed E-state index contributed by atoms with van der Waals surface area (Å²) in [5, 5.41) is 7.82. The maximum absolute atomic E-state index is 11.2. The van der Waals surface area contributed by atoms with Crippen LogP contribution in [0.4, 0.5) is 4.79 Å². The molecule has 7 heteroatoms. The molecule has 4 N–H and O–H groups in total. The number of hydrogen-bond acceptors (Lipinski definition) is 2. The van der Waals surface area contributed by atoms with E-state index in [1.54, 1.807) is 4.90 Å². The minimum absolute atomic E-state index is 0.316. The molecule has 136 valence electrons. The molecule has 1 saturated carbocycles. The molecule has 1 aromatic carbocycles. The van der Waals surface area contributed by atoms with Crippen molar-refractivity contribution in [1.82, 2.24) is 15.5 Å². The van der Waals surface area contributed by atoms with Gasteiger partial charge in [0.05, 0.1) is 0 Å². The molecule has 0 spiro atoms. The van der Waals surface area contributed by atoms with Gasteiger partial charge in [-0.15, -0.1) is 0 Å². The predicted octanol–water partition coefficient (Wildman–Crippen LogP) is 2.29. The highest BCUT2D eigenvalue weighted by atomic mass is 35.5. The number of guanidine groups is 1. The standard InChI is InChI=1S/C18H26ClN5O/c1-2-21-18(22-14-6-8-24(9-7-14)17(20)25)23-16-11-15(16)12-4-3-5-13(19)10-12/h3-5,10,14-16H,2,6-9,11H2,1H3,(H2,20,25)(H2,21,22,23). The van der Waals surface area contributed by atoms with Crippen molar-refractivity contribution in [3.05, 3.63) is 34.9 Å². The molecular weight excluding hydrogens is 338 g/mol. The van der Waals surface area contributed by atoms with Crippen LogP contribution in [0.3, 0.4) is 0 Å². The summed E-state index contributed by atoms with van der Waals surface area (Å²) in [5.41, 5.74) is 6.61. The Kier molecular flexibility index (Phi) is 5.68. The molecule has 1 aromatic rings. The summed E-state index contributed by atoms with van der Waals surface area (Å²) in [6, 6.07) is 8.44. The molecule has 2 aliphatic rings. The normalized spacial score (nSPS) is 24.1. The number of rotatable bonds is 4. The number of benzene rings is 1. The van der Waals surface area contributed by atoms with E-state index in [1.165, 1.54) is 5.56 Å². The number of likely N-dealkylation sites (tertiary alicyclic amines) is 1. The van der Waals surface area contributed by atoms with Crippen LogP contribution in [-0.4, -0.2) is 48.6 Å². The van der Waals surface area contributed by atoms with E-state index in [9.17, 15) is 4.79 Å². The van der Waals surface area contributed by atoms with Crippen LogP contribution in [0.25, 0.3) is 0 Å². The van der Waals surface area contributed by atoms with Gasteiger partial charge in [-0.1, -0.05) is 23.7 Å². The topological polar surface area (TPSA) is 82.8 Å². The number of aliphatic imine (C=N–C) groups is 1. The Hall–Kier alpha value is -1.95. The highest BCUT2D eigenvalue weighted by Crippen LogP contribution is 2.41. The van der Waals surface area contributed by atoms with Gasteiger partial charge in [-0.05, 0) is 43.9 Å². The second-order valence-corrected chi connectivity index (χ2v) is 7.15. The first kappa shape index (κ1) is 17.9. The molecule has 0 aromatic heterocycles.